The number of rotatable bonds is 6. The third-order valence-electron chi connectivity index (χ3n) is 5.42. The summed E-state index contributed by atoms with van der Waals surface area (Å²) in [7, 11) is 0. The summed E-state index contributed by atoms with van der Waals surface area (Å²) < 4.78 is 0.922. The van der Waals surface area contributed by atoms with Crippen LogP contribution in [0.4, 0.5) is 5.69 Å². The first-order valence-electron chi connectivity index (χ1n) is 10.9. The number of fused-ring (bicyclic) bond motifs is 1. The first-order valence-corrected chi connectivity index (χ1v) is 12.5. The van der Waals surface area contributed by atoms with E-state index in [1.807, 2.05) is 66.7 Å². The van der Waals surface area contributed by atoms with E-state index < -0.39 is 5.25 Å². The zero-order valence-electron chi connectivity index (χ0n) is 18.4. The van der Waals surface area contributed by atoms with Crippen molar-refractivity contribution in [1.29, 1.82) is 0 Å². The van der Waals surface area contributed by atoms with Crippen LogP contribution in [0.1, 0.15) is 12.0 Å². The molecular formula is C26H20BrN5O2S. The Morgan fingerprint density at radius 1 is 1.03 bits per heavy atom. The van der Waals surface area contributed by atoms with Crippen LogP contribution in [0.3, 0.4) is 0 Å². The molecule has 1 aliphatic rings. The van der Waals surface area contributed by atoms with E-state index in [1.54, 1.807) is 18.3 Å². The molecule has 0 saturated carbocycles. The van der Waals surface area contributed by atoms with Gasteiger partial charge in [0.05, 0.1) is 11.9 Å². The average Bonchev–Trinajstić information content (AvgIpc) is 3.41. The number of halogens is 1. The van der Waals surface area contributed by atoms with Crippen molar-refractivity contribution in [2.75, 3.05) is 5.32 Å². The fourth-order valence-corrected chi connectivity index (χ4v) is 4.96. The van der Waals surface area contributed by atoms with Crippen LogP contribution in [0, 0.1) is 0 Å². The van der Waals surface area contributed by atoms with Crippen molar-refractivity contribution in [2.24, 2.45) is 10.2 Å². The number of hydrogen-bond acceptors (Lipinski definition) is 5. The second-order valence-corrected chi connectivity index (χ2v) is 9.94. The Kier molecular flexibility index (Phi) is 6.78. The van der Waals surface area contributed by atoms with Gasteiger partial charge in [-0.15, -0.1) is 5.10 Å². The number of para-hydroxylation sites is 1. The Labute approximate surface area is 214 Å². The van der Waals surface area contributed by atoms with E-state index in [0.29, 0.717) is 10.9 Å². The van der Waals surface area contributed by atoms with Crippen LogP contribution >= 0.6 is 27.7 Å². The quantitative estimate of drug-likeness (QED) is 0.219. The van der Waals surface area contributed by atoms with Gasteiger partial charge in [0, 0.05) is 33.0 Å². The Morgan fingerprint density at radius 2 is 1.77 bits per heavy atom. The number of nitrogens with one attached hydrogen (secondary N) is 3. The lowest BCUT2D eigenvalue weighted by Crippen LogP contribution is -2.28. The number of amidine groups is 1. The minimum Gasteiger partial charge on any atom is -0.354 e. The molecule has 0 radical (unpaired) electrons. The standard InChI is InChI=1S/C26H20BrN5O2S/c27-17-10-12-18(13-11-17)29-23(33)14-22-25(34)31-26(35-22)32-28-15-20-19-8-4-5-9-21(19)30-24(20)16-6-2-1-3-7-16/h1-13,15,22,30H,14H2,(H,29,33)(H,31,32,34)/b28-15-/t22-/m0/s1. The van der Waals surface area contributed by atoms with Crippen LogP contribution in [-0.4, -0.2) is 33.4 Å². The fraction of sp³-hybridized carbons (Fsp3) is 0.0769. The fourth-order valence-electron chi connectivity index (χ4n) is 3.77. The number of anilines is 1. The van der Waals surface area contributed by atoms with Crippen molar-refractivity contribution < 1.29 is 9.59 Å². The van der Waals surface area contributed by atoms with Gasteiger partial charge < -0.3 is 15.6 Å². The van der Waals surface area contributed by atoms with Crippen LogP contribution in [-0.2, 0) is 9.59 Å². The summed E-state index contributed by atoms with van der Waals surface area (Å²) in [4.78, 5) is 28.2. The zero-order valence-corrected chi connectivity index (χ0v) is 20.8. The predicted octanol–water partition coefficient (Wildman–Crippen LogP) is 5.55. The summed E-state index contributed by atoms with van der Waals surface area (Å²) in [6.45, 7) is 0. The largest absolute Gasteiger partial charge is 0.354 e. The summed E-state index contributed by atoms with van der Waals surface area (Å²) in [5, 5.41) is 14.8. The normalized spacial score (nSPS) is 16.8. The molecule has 5 rings (SSSR count). The second kappa shape index (κ2) is 10.3. The molecule has 35 heavy (non-hydrogen) atoms. The topological polar surface area (TPSA) is 98.7 Å². The summed E-state index contributed by atoms with van der Waals surface area (Å²) in [6, 6.07) is 25.3. The van der Waals surface area contributed by atoms with Crippen molar-refractivity contribution in [3.8, 4) is 11.3 Å². The van der Waals surface area contributed by atoms with Crippen LogP contribution in [0.15, 0.2) is 93.5 Å². The molecule has 7 nitrogen and oxygen atoms in total. The molecule has 0 aliphatic carbocycles. The highest BCUT2D eigenvalue weighted by molar-refractivity contribution is 9.10. The number of benzene rings is 3. The molecule has 2 heterocycles. The van der Waals surface area contributed by atoms with Gasteiger partial charge in [0.15, 0.2) is 5.17 Å². The third kappa shape index (κ3) is 5.36. The number of nitrogens with zero attached hydrogens (tertiary/aromatic N) is 2. The number of H-pyrrole nitrogens is 1. The van der Waals surface area contributed by atoms with Gasteiger partial charge in [-0.3, -0.25) is 9.59 Å². The molecular weight excluding hydrogens is 526 g/mol. The van der Waals surface area contributed by atoms with Gasteiger partial charge in [0.25, 0.3) is 0 Å². The third-order valence-corrected chi connectivity index (χ3v) is 7.02. The number of aromatic nitrogens is 1. The molecule has 1 aromatic heterocycles. The first-order chi connectivity index (χ1) is 17.1. The lowest BCUT2D eigenvalue weighted by Gasteiger charge is -2.07. The van der Waals surface area contributed by atoms with Crippen molar-refractivity contribution in [3.63, 3.8) is 0 Å². The van der Waals surface area contributed by atoms with Crippen molar-refractivity contribution in [2.45, 2.75) is 11.7 Å². The smallest absolute Gasteiger partial charge is 0.240 e. The number of aromatic amines is 1. The SMILES string of the molecule is O=C(C[C@@H]1S/C(=N/N=C\c2c(-c3ccccc3)[nH]c3ccccc23)NC1=O)Nc1ccc(Br)cc1. The van der Waals surface area contributed by atoms with E-state index in [0.717, 1.165) is 32.2 Å². The highest BCUT2D eigenvalue weighted by Crippen LogP contribution is 2.29. The van der Waals surface area contributed by atoms with Gasteiger partial charge >= 0.3 is 0 Å². The molecule has 4 aromatic rings. The minimum atomic E-state index is -0.563. The molecule has 9 heteroatoms. The monoisotopic (exact) mass is 545 g/mol. The van der Waals surface area contributed by atoms with Crippen LogP contribution in [0.25, 0.3) is 22.2 Å². The Hall–Kier alpha value is -3.69. The van der Waals surface area contributed by atoms with E-state index in [-0.39, 0.29) is 18.2 Å². The van der Waals surface area contributed by atoms with Crippen LogP contribution in [0.5, 0.6) is 0 Å². The maximum atomic E-state index is 12.4. The lowest BCUT2D eigenvalue weighted by atomic mass is 10.1. The van der Waals surface area contributed by atoms with Crippen LogP contribution < -0.4 is 10.6 Å². The maximum Gasteiger partial charge on any atom is 0.240 e. The molecule has 1 saturated heterocycles. The van der Waals surface area contributed by atoms with E-state index >= 15 is 0 Å². The van der Waals surface area contributed by atoms with Gasteiger partial charge in [0.1, 0.15) is 5.25 Å². The summed E-state index contributed by atoms with van der Waals surface area (Å²) in [5.41, 5.74) is 4.57. The van der Waals surface area contributed by atoms with E-state index in [4.69, 9.17) is 0 Å². The molecule has 0 unspecified atom stereocenters. The molecule has 2 amide bonds. The van der Waals surface area contributed by atoms with Gasteiger partial charge in [-0.05, 0) is 35.9 Å². The summed E-state index contributed by atoms with van der Waals surface area (Å²) in [6.07, 6.45) is 1.73. The molecule has 0 spiro atoms. The van der Waals surface area contributed by atoms with Gasteiger partial charge in [0.2, 0.25) is 11.8 Å². The predicted molar refractivity (Wildman–Crippen MR) is 146 cm³/mol. The molecule has 0 bridgehead atoms. The molecule has 1 atom stereocenters. The highest BCUT2D eigenvalue weighted by Gasteiger charge is 2.32. The molecule has 3 aromatic carbocycles. The maximum absolute atomic E-state index is 12.4. The van der Waals surface area contributed by atoms with Crippen molar-refractivity contribution >= 4 is 67.5 Å². The van der Waals surface area contributed by atoms with Crippen molar-refractivity contribution in [3.05, 3.63) is 88.9 Å². The number of hydrogen-bond donors (Lipinski definition) is 3. The molecule has 174 valence electrons. The minimum absolute atomic E-state index is 0.0376. The summed E-state index contributed by atoms with van der Waals surface area (Å²) in [5.74, 6) is -0.497. The lowest BCUT2D eigenvalue weighted by molar-refractivity contribution is -0.122. The van der Waals surface area contributed by atoms with E-state index in [9.17, 15) is 9.59 Å². The Balaban J connectivity index is 1.30. The van der Waals surface area contributed by atoms with E-state index in [1.165, 1.54) is 11.8 Å². The van der Waals surface area contributed by atoms with Gasteiger partial charge in [-0.2, -0.15) is 5.10 Å². The average molecular weight is 546 g/mol. The Bertz CT molecular complexity index is 1450. The highest BCUT2D eigenvalue weighted by atomic mass is 79.9. The molecule has 1 aliphatic heterocycles. The Morgan fingerprint density at radius 3 is 2.57 bits per heavy atom. The van der Waals surface area contributed by atoms with Crippen molar-refractivity contribution in [1.82, 2.24) is 10.3 Å². The number of carbonyl (C=O) groups excluding carboxylic acids is 2. The zero-order chi connectivity index (χ0) is 24.2. The van der Waals surface area contributed by atoms with E-state index in [2.05, 4.69) is 41.8 Å². The molecule has 1 fully saturated rings. The van der Waals surface area contributed by atoms with Gasteiger partial charge in [-0.1, -0.05) is 76.2 Å². The summed E-state index contributed by atoms with van der Waals surface area (Å²) >= 11 is 4.56. The number of thioether (sulfide) groups is 1. The second-order valence-electron chi connectivity index (χ2n) is 7.83. The van der Waals surface area contributed by atoms with Crippen LogP contribution in [0.2, 0.25) is 0 Å². The number of amides is 2. The first kappa shape index (κ1) is 23.1. The van der Waals surface area contributed by atoms with Gasteiger partial charge in [-0.25, -0.2) is 0 Å². The number of carbonyl (C=O) groups is 2. The molecule has 3 N–H and O–H groups in total.